The fraction of sp³-hybridized carbons (Fsp3) is 0.133. The fourth-order valence-corrected chi connectivity index (χ4v) is 2.37. The topological polar surface area (TPSA) is 88.3 Å². The predicted octanol–water partition coefficient (Wildman–Crippen LogP) is 1.38. The van der Waals surface area contributed by atoms with Crippen molar-refractivity contribution in [2.45, 2.75) is 0 Å². The summed E-state index contributed by atoms with van der Waals surface area (Å²) < 4.78 is 0. The van der Waals surface area contributed by atoms with Crippen molar-refractivity contribution < 1.29 is 9.59 Å². The molecule has 0 radical (unpaired) electrons. The molecule has 3 N–H and O–H groups in total. The molecule has 1 aromatic carbocycles. The van der Waals surface area contributed by atoms with E-state index < -0.39 is 5.91 Å². The van der Waals surface area contributed by atoms with Gasteiger partial charge in [0.15, 0.2) is 0 Å². The lowest BCUT2D eigenvalue weighted by atomic mass is 10.0. The van der Waals surface area contributed by atoms with Crippen LogP contribution in [0.15, 0.2) is 42.6 Å². The van der Waals surface area contributed by atoms with Crippen molar-refractivity contribution in [3.05, 3.63) is 48.3 Å². The predicted molar refractivity (Wildman–Crippen MR) is 78.9 cm³/mol. The highest BCUT2D eigenvalue weighted by Crippen LogP contribution is 2.25. The third-order valence-electron chi connectivity index (χ3n) is 3.39. The molecular weight excluding hydrogens is 268 g/mol. The van der Waals surface area contributed by atoms with Gasteiger partial charge in [-0.25, -0.2) is 4.79 Å². The number of carbonyl (C=O) groups is 2. The number of hydrogen-bond acceptors (Lipinski definition) is 3. The second kappa shape index (κ2) is 5.24. The molecule has 21 heavy (non-hydrogen) atoms. The molecule has 0 atom stereocenters. The van der Waals surface area contributed by atoms with Crippen LogP contribution in [0.4, 0.5) is 10.5 Å². The van der Waals surface area contributed by atoms with E-state index in [1.807, 2.05) is 24.3 Å². The molecule has 0 bridgehead atoms. The minimum Gasteiger partial charge on any atom is -0.364 e. The molecule has 1 aliphatic rings. The summed E-state index contributed by atoms with van der Waals surface area (Å²) in [7, 11) is 0. The first-order valence-electron chi connectivity index (χ1n) is 6.57. The summed E-state index contributed by atoms with van der Waals surface area (Å²) in [5.41, 5.74) is 7.91. The first kappa shape index (κ1) is 13.1. The number of nitrogens with zero attached hydrogens (tertiary/aromatic N) is 2. The van der Waals surface area contributed by atoms with E-state index >= 15 is 0 Å². The Hall–Kier alpha value is -2.89. The third kappa shape index (κ3) is 2.43. The van der Waals surface area contributed by atoms with E-state index in [2.05, 4.69) is 10.3 Å². The van der Waals surface area contributed by atoms with E-state index in [4.69, 9.17) is 5.73 Å². The summed E-state index contributed by atoms with van der Waals surface area (Å²) in [6, 6.07) is 10.8. The Morgan fingerprint density at radius 3 is 2.62 bits per heavy atom. The highest BCUT2D eigenvalue weighted by Gasteiger charge is 2.21. The standard InChI is InChI=1S/C15H14N4O2/c16-14(20)13-12(2-1-7-17-13)10-3-5-11(6-4-10)19-9-8-18-15(19)21/h1-7H,8-9H2,(H2,16,20)(H,18,21). The Balaban J connectivity index is 1.95. The number of hydrogen-bond donors (Lipinski definition) is 2. The highest BCUT2D eigenvalue weighted by atomic mass is 16.2. The smallest absolute Gasteiger partial charge is 0.321 e. The van der Waals surface area contributed by atoms with Crippen LogP contribution in [-0.2, 0) is 0 Å². The molecule has 1 fully saturated rings. The van der Waals surface area contributed by atoms with E-state index in [0.717, 1.165) is 11.3 Å². The summed E-state index contributed by atoms with van der Waals surface area (Å²) in [5.74, 6) is -0.561. The normalized spacial score (nSPS) is 14.1. The largest absolute Gasteiger partial charge is 0.364 e. The van der Waals surface area contributed by atoms with Crippen LogP contribution in [0.5, 0.6) is 0 Å². The van der Waals surface area contributed by atoms with Gasteiger partial charge in [-0.2, -0.15) is 0 Å². The Labute approximate surface area is 121 Å². The molecule has 6 nitrogen and oxygen atoms in total. The molecular formula is C15H14N4O2. The SMILES string of the molecule is NC(=O)c1ncccc1-c1ccc(N2CCNC2=O)cc1. The Kier molecular flexibility index (Phi) is 3.27. The van der Waals surface area contributed by atoms with Crippen molar-refractivity contribution in [3.63, 3.8) is 0 Å². The van der Waals surface area contributed by atoms with Gasteiger partial charge in [0.25, 0.3) is 5.91 Å². The maximum Gasteiger partial charge on any atom is 0.321 e. The molecule has 0 unspecified atom stereocenters. The van der Waals surface area contributed by atoms with Gasteiger partial charge in [0.2, 0.25) is 0 Å². The van der Waals surface area contributed by atoms with Crippen molar-refractivity contribution in [2.24, 2.45) is 5.73 Å². The number of nitrogens with two attached hydrogens (primary N) is 1. The second-order valence-electron chi connectivity index (χ2n) is 4.69. The van der Waals surface area contributed by atoms with Gasteiger partial charge in [0.05, 0.1) is 0 Å². The third-order valence-corrected chi connectivity index (χ3v) is 3.39. The van der Waals surface area contributed by atoms with Gasteiger partial charge in [0.1, 0.15) is 5.69 Å². The van der Waals surface area contributed by atoms with Crippen molar-refractivity contribution in [1.29, 1.82) is 0 Å². The van der Waals surface area contributed by atoms with Gasteiger partial charge in [0, 0.05) is 30.5 Å². The van der Waals surface area contributed by atoms with Gasteiger partial charge < -0.3 is 11.1 Å². The average molecular weight is 282 g/mol. The van der Waals surface area contributed by atoms with Crippen molar-refractivity contribution in [1.82, 2.24) is 10.3 Å². The van der Waals surface area contributed by atoms with Gasteiger partial charge in [-0.1, -0.05) is 18.2 Å². The summed E-state index contributed by atoms with van der Waals surface area (Å²) >= 11 is 0. The molecule has 1 aromatic heterocycles. The molecule has 0 spiro atoms. The molecule has 3 rings (SSSR count). The number of anilines is 1. The fourth-order valence-electron chi connectivity index (χ4n) is 2.37. The first-order chi connectivity index (χ1) is 10.2. The van der Waals surface area contributed by atoms with Crippen molar-refractivity contribution in [2.75, 3.05) is 18.0 Å². The van der Waals surface area contributed by atoms with Crippen LogP contribution in [0.2, 0.25) is 0 Å². The van der Waals surface area contributed by atoms with Crippen LogP contribution >= 0.6 is 0 Å². The number of amides is 3. The number of aromatic nitrogens is 1. The molecule has 1 aliphatic heterocycles. The molecule has 0 aliphatic carbocycles. The number of pyridine rings is 1. The molecule has 3 amide bonds. The Morgan fingerprint density at radius 1 is 1.24 bits per heavy atom. The van der Waals surface area contributed by atoms with Crippen LogP contribution in [0.25, 0.3) is 11.1 Å². The summed E-state index contributed by atoms with van der Waals surface area (Å²) in [5, 5.41) is 2.75. The van der Waals surface area contributed by atoms with Gasteiger partial charge in [-0.3, -0.25) is 14.7 Å². The maximum absolute atomic E-state index is 11.6. The number of nitrogens with one attached hydrogen (secondary N) is 1. The van der Waals surface area contributed by atoms with Gasteiger partial charge in [-0.15, -0.1) is 0 Å². The zero-order chi connectivity index (χ0) is 14.8. The number of carbonyl (C=O) groups excluding carboxylic acids is 2. The van der Waals surface area contributed by atoms with Crippen LogP contribution in [0, 0.1) is 0 Å². The second-order valence-corrected chi connectivity index (χ2v) is 4.69. The average Bonchev–Trinajstić information content (AvgIpc) is 2.93. The van der Waals surface area contributed by atoms with Crippen LogP contribution < -0.4 is 16.0 Å². The van der Waals surface area contributed by atoms with Crippen LogP contribution in [0.1, 0.15) is 10.5 Å². The van der Waals surface area contributed by atoms with Gasteiger partial charge in [-0.05, 0) is 23.8 Å². The van der Waals surface area contributed by atoms with Crippen molar-refractivity contribution in [3.8, 4) is 11.1 Å². The number of benzene rings is 1. The lowest BCUT2D eigenvalue weighted by Gasteiger charge is -2.15. The zero-order valence-electron chi connectivity index (χ0n) is 11.2. The van der Waals surface area contributed by atoms with Crippen LogP contribution in [0.3, 0.4) is 0 Å². The molecule has 6 heteroatoms. The first-order valence-corrected chi connectivity index (χ1v) is 6.57. The number of rotatable bonds is 3. The quantitative estimate of drug-likeness (QED) is 0.891. The van der Waals surface area contributed by atoms with Crippen LogP contribution in [-0.4, -0.2) is 30.0 Å². The summed E-state index contributed by atoms with van der Waals surface area (Å²) in [4.78, 5) is 28.7. The molecule has 2 heterocycles. The minimum atomic E-state index is -0.561. The zero-order valence-corrected chi connectivity index (χ0v) is 11.2. The Morgan fingerprint density at radius 2 is 2.00 bits per heavy atom. The molecule has 0 saturated carbocycles. The minimum absolute atomic E-state index is 0.0954. The molecule has 106 valence electrons. The van der Waals surface area contributed by atoms with E-state index in [1.54, 1.807) is 17.0 Å². The van der Waals surface area contributed by atoms with Crippen molar-refractivity contribution >= 4 is 17.6 Å². The van der Waals surface area contributed by atoms with E-state index in [0.29, 0.717) is 18.7 Å². The molecule has 1 saturated heterocycles. The highest BCUT2D eigenvalue weighted by molar-refractivity contribution is 5.98. The lowest BCUT2D eigenvalue weighted by Crippen LogP contribution is -2.27. The van der Waals surface area contributed by atoms with E-state index in [-0.39, 0.29) is 11.7 Å². The maximum atomic E-state index is 11.6. The number of urea groups is 1. The summed E-state index contributed by atoms with van der Waals surface area (Å²) in [6.07, 6.45) is 1.53. The molecule has 2 aromatic rings. The monoisotopic (exact) mass is 282 g/mol. The summed E-state index contributed by atoms with van der Waals surface area (Å²) in [6.45, 7) is 1.30. The van der Waals surface area contributed by atoms with E-state index in [9.17, 15) is 9.59 Å². The lowest BCUT2D eigenvalue weighted by molar-refractivity contribution is 0.0996. The number of primary amides is 1. The van der Waals surface area contributed by atoms with E-state index in [1.165, 1.54) is 6.20 Å². The van der Waals surface area contributed by atoms with Gasteiger partial charge >= 0.3 is 6.03 Å². The Bertz CT molecular complexity index is 697.